The summed E-state index contributed by atoms with van der Waals surface area (Å²) < 4.78 is 0. The van der Waals surface area contributed by atoms with Crippen LogP contribution >= 0.6 is 0 Å². The molecule has 1 atom stereocenters. The highest BCUT2D eigenvalue weighted by Crippen LogP contribution is 2.03. The Bertz CT molecular complexity index is 412. The largest absolute Gasteiger partial charge is 0.409 e. The van der Waals surface area contributed by atoms with E-state index in [1.54, 1.807) is 19.1 Å². The number of hydrogen-bond acceptors (Lipinski definition) is 3. The topological polar surface area (TPSA) is 87.7 Å². The van der Waals surface area contributed by atoms with Gasteiger partial charge in [0, 0.05) is 18.0 Å². The minimum atomic E-state index is -0.200. The molecule has 4 N–H and O–H groups in total. The van der Waals surface area contributed by atoms with Gasteiger partial charge in [-0.2, -0.15) is 0 Å². The lowest BCUT2D eigenvalue weighted by atomic mass is 10.1. The molecule has 0 aromatic heterocycles. The van der Waals surface area contributed by atoms with Crippen molar-refractivity contribution < 1.29 is 10.0 Å². The van der Waals surface area contributed by atoms with Gasteiger partial charge in [0.25, 0.3) is 5.91 Å². The van der Waals surface area contributed by atoms with Crippen molar-refractivity contribution in [2.45, 2.75) is 13.8 Å². The third-order valence-corrected chi connectivity index (χ3v) is 2.50. The molecular formula is C12H17N3O2. The summed E-state index contributed by atoms with van der Waals surface area (Å²) in [6.45, 7) is 4.06. The SMILES string of the molecule is Cc1ccc(C(=O)NCC(C)C(N)=NO)cc1. The van der Waals surface area contributed by atoms with Gasteiger partial charge in [-0.25, -0.2) is 0 Å². The van der Waals surface area contributed by atoms with Gasteiger partial charge in [0.1, 0.15) is 5.84 Å². The van der Waals surface area contributed by atoms with E-state index in [9.17, 15) is 4.79 Å². The van der Waals surface area contributed by atoms with Gasteiger partial charge >= 0.3 is 0 Å². The number of nitrogens with one attached hydrogen (secondary N) is 1. The molecule has 1 unspecified atom stereocenters. The second kappa shape index (κ2) is 5.89. The van der Waals surface area contributed by atoms with Gasteiger partial charge in [-0.1, -0.05) is 29.8 Å². The predicted molar refractivity (Wildman–Crippen MR) is 66.1 cm³/mol. The number of rotatable bonds is 4. The Labute approximate surface area is 100 Å². The number of nitrogens with zero attached hydrogens (tertiary/aromatic N) is 1. The van der Waals surface area contributed by atoms with Crippen LogP contribution in [0.25, 0.3) is 0 Å². The number of benzene rings is 1. The molecule has 5 nitrogen and oxygen atoms in total. The molecule has 0 heterocycles. The Morgan fingerprint density at radius 1 is 1.47 bits per heavy atom. The molecular weight excluding hydrogens is 218 g/mol. The number of nitrogens with two attached hydrogens (primary N) is 1. The Balaban J connectivity index is 2.53. The first-order valence-corrected chi connectivity index (χ1v) is 5.37. The maximum absolute atomic E-state index is 11.7. The Kier molecular flexibility index (Phi) is 4.51. The van der Waals surface area contributed by atoms with Crippen molar-refractivity contribution in [3.05, 3.63) is 35.4 Å². The molecule has 92 valence electrons. The molecule has 0 spiro atoms. The maximum atomic E-state index is 11.7. The highest BCUT2D eigenvalue weighted by atomic mass is 16.4. The maximum Gasteiger partial charge on any atom is 0.251 e. The Morgan fingerprint density at radius 3 is 2.59 bits per heavy atom. The summed E-state index contributed by atoms with van der Waals surface area (Å²) in [4.78, 5) is 11.7. The third-order valence-electron chi connectivity index (χ3n) is 2.50. The van der Waals surface area contributed by atoms with Gasteiger partial charge in [-0.15, -0.1) is 0 Å². The Hall–Kier alpha value is -2.04. The Morgan fingerprint density at radius 2 is 2.06 bits per heavy atom. The van der Waals surface area contributed by atoms with Crippen LogP contribution in [-0.4, -0.2) is 23.5 Å². The van der Waals surface area contributed by atoms with Crippen LogP contribution in [0, 0.1) is 12.8 Å². The fourth-order valence-electron chi connectivity index (χ4n) is 1.26. The second-order valence-electron chi connectivity index (χ2n) is 4.00. The van der Waals surface area contributed by atoms with Crippen LogP contribution in [0.15, 0.2) is 29.4 Å². The summed E-state index contributed by atoms with van der Waals surface area (Å²) in [5, 5.41) is 14.1. The molecule has 0 aliphatic rings. The monoisotopic (exact) mass is 235 g/mol. The molecule has 0 radical (unpaired) electrons. The van der Waals surface area contributed by atoms with Crippen LogP contribution in [0.3, 0.4) is 0 Å². The average Bonchev–Trinajstić information content (AvgIpc) is 2.35. The zero-order valence-corrected chi connectivity index (χ0v) is 9.97. The number of oxime groups is 1. The van der Waals surface area contributed by atoms with Crippen LogP contribution in [-0.2, 0) is 0 Å². The first kappa shape index (κ1) is 13.0. The summed E-state index contributed by atoms with van der Waals surface area (Å²) in [5.74, 6) is -0.258. The molecule has 1 aromatic carbocycles. The van der Waals surface area contributed by atoms with Crippen molar-refractivity contribution in [3.63, 3.8) is 0 Å². The summed E-state index contributed by atoms with van der Waals surface area (Å²) in [7, 11) is 0. The van der Waals surface area contributed by atoms with Gasteiger partial charge in [-0.3, -0.25) is 4.79 Å². The van der Waals surface area contributed by atoms with E-state index >= 15 is 0 Å². The van der Waals surface area contributed by atoms with Gasteiger partial charge in [-0.05, 0) is 19.1 Å². The van der Waals surface area contributed by atoms with E-state index in [0.29, 0.717) is 12.1 Å². The minimum Gasteiger partial charge on any atom is -0.409 e. The first-order chi connectivity index (χ1) is 8.04. The van der Waals surface area contributed by atoms with Crippen molar-refractivity contribution in [2.75, 3.05) is 6.54 Å². The van der Waals surface area contributed by atoms with Crippen LogP contribution < -0.4 is 11.1 Å². The van der Waals surface area contributed by atoms with Crippen LogP contribution in [0.4, 0.5) is 0 Å². The standard InChI is InChI=1S/C12H17N3O2/c1-8-3-5-10(6-4-8)12(16)14-7-9(2)11(13)15-17/h3-6,9,17H,7H2,1-2H3,(H2,13,15)(H,14,16). The van der Waals surface area contributed by atoms with E-state index in [1.807, 2.05) is 19.1 Å². The predicted octanol–water partition coefficient (Wildman–Crippen LogP) is 1.11. The fourth-order valence-corrected chi connectivity index (χ4v) is 1.26. The summed E-state index contributed by atoms with van der Waals surface area (Å²) in [5.41, 5.74) is 7.11. The first-order valence-electron chi connectivity index (χ1n) is 5.37. The highest BCUT2D eigenvalue weighted by molar-refractivity contribution is 5.94. The molecule has 0 aliphatic heterocycles. The highest BCUT2D eigenvalue weighted by Gasteiger charge is 2.10. The van der Waals surface area contributed by atoms with Gasteiger partial charge in [0.15, 0.2) is 0 Å². The zero-order valence-electron chi connectivity index (χ0n) is 9.97. The van der Waals surface area contributed by atoms with Crippen molar-refractivity contribution in [1.29, 1.82) is 0 Å². The second-order valence-corrected chi connectivity index (χ2v) is 4.00. The number of hydrogen-bond donors (Lipinski definition) is 3. The van der Waals surface area contributed by atoms with E-state index in [2.05, 4.69) is 10.5 Å². The molecule has 17 heavy (non-hydrogen) atoms. The summed E-state index contributed by atoms with van der Waals surface area (Å²) >= 11 is 0. The molecule has 0 saturated carbocycles. The number of amides is 1. The molecule has 1 aromatic rings. The summed E-state index contributed by atoms with van der Waals surface area (Å²) in [6, 6.07) is 7.28. The number of aryl methyl sites for hydroxylation is 1. The van der Waals surface area contributed by atoms with E-state index < -0.39 is 0 Å². The van der Waals surface area contributed by atoms with E-state index in [4.69, 9.17) is 10.9 Å². The normalized spacial score (nSPS) is 13.2. The van der Waals surface area contributed by atoms with Crippen LogP contribution in [0.2, 0.25) is 0 Å². The van der Waals surface area contributed by atoms with E-state index in [-0.39, 0.29) is 17.7 Å². The molecule has 0 fully saturated rings. The summed E-state index contributed by atoms with van der Waals surface area (Å²) in [6.07, 6.45) is 0. The number of amidine groups is 1. The molecule has 0 bridgehead atoms. The van der Waals surface area contributed by atoms with Gasteiger partial charge < -0.3 is 16.3 Å². The van der Waals surface area contributed by atoms with Gasteiger partial charge in [0.05, 0.1) is 0 Å². The smallest absolute Gasteiger partial charge is 0.251 e. The van der Waals surface area contributed by atoms with E-state index in [1.165, 1.54) is 0 Å². The van der Waals surface area contributed by atoms with Crippen LogP contribution in [0.5, 0.6) is 0 Å². The quantitative estimate of drug-likeness (QED) is 0.316. The van der Waals surface area contributed by atoms with Crippen molar-refractivity contribution in [1.82, 2.24) is 5.32 Å². The van der Waals surface area contributed by atoms with Crippen LogP contribution in [0.1, 0.15) is 22.8 Å². The number of carbonyl (C=O) groups is 1. The van der Waals surface area contributed by atoms with Crippen molar-refractivity contribution >= 4 is 11.7 Å². The molecule has 5 heteroatoms. The molecule has 0 saturated heterocycles. The lowest BCUT2D eigenvalue weighted by molar-refractivity contribution is 0.0951. The number of carbonyl (C=O) groups excluding carboxylic acids is 1. The molecule has 1 rings (SSSR count). The van der Waals surface area contributed by atoms with E-state index in [0.717, 1.165) is 5.56 Å². The third kappa shape index (κ3) is 3.79. The zero-order chi connectivity index (χ0) is 12.8. The van der Waals surface area contributed by atoms with Gasteiger partial charge in [0.2, 0.25) is 0 Å². The molecule has 1 amide bonds. The minimum absolute atomic E-state index is 0.106. The lowest BCUT2D eigenvalue weighted by Gasteiger charge is -2.11. The lowest BCUT2D eigenvalue weighted by Crippen LogP contribution is -2.34. The van der Waals surface area contributed by atoms with Crippen molar-refractivity contribution in [2.24, 2.45) is 16.8 Å². The molecule has 0 aliphatic carbocycles. The fraction of sp³-hybridized carbons (Fsp3) is 0.333. The van der Waals surface area contributed by atoms with Crippen molar-refractivity contribution in [3.8, 4) is 0 Å². The average molecular weight is 235 g/mol.